The molecule has 2 heterocycles. The number of rotatable bonds is 6. The van der Waals surface area contributed by atoms with Gasteiger partial charge >= 0.3 is 0 Å². The molecule has 0 fully saturated rings. The third kappa shape index (κ3) is 4.13. The molecule has 0 saturated heterocycles. The Balaban J connectivity index is 1.67. The minimum Gasteiger partial charge on any atom is -0.506 e. The van der Waals surface area contributed by atoms with Crippen molar-refractivity contribution in [2.24, 2.45) is 5.92 Å². The van der Waals surface area contributed by atoms with E-state index in [2.05, 4.69) is 42.6 Å². The number of hydrogen-bond donors (Lipinski definition) is 1. The molecule has 1 aromatic heterocycles. The van der Waals surface area contributed by atoms with Gasteiger partial charge in [0.05, 0.1) is 11.9 Å². The van der Waals surface area contributed by atoms with Gasteiger partial charge in [0.25, 0.3) is 0 Å². The van der Waals surface area contributed by atoms with Crippen molar-refractivity contribution in [3.05, 3.63) is 72.4 Å². The molecule has 5 nitrogen and oxygen atoms in total. The van der Waals surface area contributed by atoms with E-state index in [1.807, 2.05) is 60.4 Å². The van der Waals surface area contributed by atoms with Crippen molar-refractivity contribution in [1.29, 1.82) is 0 Å². The monoisotopic (exact) mass is 364 g/mol. The summed E-state index contributed by atoms with van der Waals surface area (Å²) in [5.74, 6) is 0.654. The minimum absolute atomic E-state index is 0.141. The van der Waals surface area contributed by atoms with E-state index in [0.717, 1.165) is 29.9 Å². The van der Waals surface area contributed by atoms with Gasteiger partial charge < -0.3 is 10.0 Å². The maximum atomic E-state index is 10.2. The van der Waals surface area contributed by atoms with E-state index in [1.54, 1.807) is 0 Å². The van der Waals surface area contributed by atoms with Crippen LogP contribution in [0.3, 0.4) is 0 Å². The molecule has 0 bridgehead atoms. The molecule has 0 spiro atoms. The zero-order valence-electron chi connectivity index (χ0n) is 16.6. The quantitative estimate of drug-likeness (QED) is 0.790. The highest BCUT2D eigenvalue weighted by Gasteiger charge is 2.31. The third-order valence-corrected chi connectivity index (χ3v) is 5.04. The van der Waals surface area contributed by atoms with Crippen LogP contribution in [0.4, 0.5) is 0 Å². The van der Waals surface area contributed by atoms with Crippen LogP contribution < -0.4 is 0 Å². The van der Waals surface area contributed by atoms with Crippen LogP contribution in [-0.4, -0.2) is 30.5 Å². The highest BCUT2D eigenvalue weighted by Crippen LogP contribution is 2.33. The number of aliphatic hydroxyl groups is 1. The van der Waals surface area contributed by atoms with Gasteiger partial charge in [-0.1, -0.05) is 49.0 Å². The Kier molecular flexibility index (Phi) is 5.22. The molecule has 3 rings (SSSR count). The topological polar surface area (TPSA) is 54.2 Å². The molecule has 1 N–H and O–H groups in total. The number of nitrogens with zero attached hydrogens (tertiary/aromatic N) is 4. The van der Waals surface area contributed by atoms with Gasteiger partial charge in [0.1, 0.15) is 11.5 Å². The fourth-order valence-electron chi connectivity index (χ4n) is 3.82. The molecular formula is C22H28N4O. The highest BCUT2D eigenvalue weighted by atomic mass is 16.3. The van der Waals surface area contributed by atoms with Crippen LogP contribution in [0.5, 0.6) is 0 Å². The molecule has 1 unspecified atom stereocenters. The van der Waals surface area contributed by atoms with Crippen LogP contribution in [0.2, 0.25) is 0 Å². The van der Waals surface area contributed by atoms with Crippen LogP contribution in [0.1, 0.15) is 34.1 Å². The fourth-order valence-corrected chi connectivity index (χ4v) is 3.82. The Morgan fingerprint density at radius 3 is 2.63 bits per heavy atom. The van der Waals surface area contributed by atoms with Gasteiger partial charge in [-0.3, -0.25) is 4.68 Å². The zero-order valence-corrected chi connectivity index (χ0v) is 16.6. The maximum Gasteiger partial charge on any atom is 0.141 e. The molecule has 142 valence electrons. The second kappa shape index (κ2) is 7.43. The van der Waals surface area contributed by atoms with Gasteiger partial charge in [0.2, 0.25) is 0 Å². The lowest BCUT2D eigenvalue weighted by atomic mass is 9.88. The summed E-state index contributed by atoms with van der Waals surface area (Å²) in [5, 5.41) is 18.8. The summed E-state index contributed by atoms with van der Waals surface area (Å²) in [6.45, 7) is 13.2. The molecule has 0 radical (unpaired) electrons. The van der Waals surface area contributed by atoms with E-state index >= 15 is 0 Å². The Morgan fingerprint density at radius 2 is 1.93 bits per heavy atom. The first-order valence-electron chi connectivity index (χ1n) is 9.30. The predicted octanol–water partition coefficient (Wildman–Crippen LogP) is 4.92. The Hall–Kier alpha value is -2.82. The average Bonchev–Trinajstić information content (AvgIpc) is 3.08. The van der Waals surface area contributed by atoms with Crippen LogP contribution in [-0.2, 0) is 6.54 Å². The first-order valence-corrected chi connectivity index (χ1v) is 9.30. The molecule has 27 heavy (non-hydrogen) atoms. The molecule has 0 aliphatic carbocycles. The van der Waals surface area contributed by atoms with Gasteiger partial charge in [0, 0.05) is 29.4 Å². The second-order valence-corrected chi connectivity index (χ2v) is 7.96. The Morgan fingerprint density at radius 1 is 1.22 bits per heavy atom. The summed E-state index contributed by atoms with van der Waals surface area (Å²) in [4.78, 5) is 2.13. The summed E-state index contributed by atoms with van der Waals surface area (Å²) in [7, 11) is 0. The van der Waals surface area contributed by atoms with Gasteiger partial charge in [-0.15, -0.1) is 5.10 Å². The lowest BCUT2D eigenvalue weighted by Gasteiger charge is -2.41. The van der Waals surface area contributed by atoms with Crippen molar-refractivity contribution in [2.75, 3.05) is 0 Å². The normalized spacial score (nSPS) is 16.1. The number of hydrogen-bond acceptors (Lipinski definition) is 4. The summed E-state index contributed by atoms with van der Waals surface area (Å²) in [5.41, 5.74) is 3.32. The van der Waals surface area contributed by atoms with E-state index in [0.29, 0.717) is 11.5 Å². The number of aromatic nitrogens is 3. The summed E-state index contributed by atoms with van der Waals surface area (Å²) >= 11 is 0. The van der Waals surface area contributed by atoms with Crippen molar-refractivity contribution >= 4 is 0 Å². The molecule has 5 heteroatoms. The third-order valence-electron chi connectivity index (χ3n) is 5.04. The van der Waals surface area contributed by atoms with Gasteiger partial charge in [-0.05, 0) is 39.2 Å². The smallest absolute Gasteiger partial charge is 0.141 e. The molecular weight excluding hydrogens is 336 g/mol. The van der Waals surface area contributed by atoms with E-state index in [-0.39, 0.29) is 11.3 Å². The van der Waals surface area contributed by atoms with Gasteiger partial charge in [-0.25, -0.2) is 0 Å². The fraction of sp³-hybridized carbons (Fsp3) is 0.364. The van der Waals surface area contributed by atoms with Crippen molar-refractivity contribution in [3.63, 3.8) is 0 Å². The molecule has 1 aliphatic heterocycles. The summed E-state index contributed by atoms with van der Waals surface area (Å²) in [6.07, 6.45) is 6.81. The zero-order chi connectivity index (χ0) is 19.6. The maximum absolute atomic E-state index is 10.2. The van der Waals surface area contributed by atoms with Crippen LogP contribution in [0, 0.1) is 5.92 Å². The van der Waals surface area contributed by atoms with Crippen molar-refractivity contribution in [2.45, 2.75) is 46.2 Å². The van der Waals surface area contributed by atoms with Crippen LogP contribution in [0.15, 0.2) is 72.4 Å². The van der Waals surface area contributed by atoms with E-state index in [9.17, 15) is 5.11 Å². The predicted molar refractivity (Wildman–Crippen MR) is 109 cm³/mol. The average molecular weight is 364 g/mol. The highest BCUT2D eigenvalue weighted by molar-refractivity contribution is 5.57. The van der Waals surface area contributed by atoms with Crippen molar-refractivity contribution in [1.82, 2.24) is 19.9 Å². The first kappa shape index (κ1) is 19.0. The SMILES string of the molecule is C=C1C=CN(C(C)(C)CC(C)Cn2cc(-c3ccccc3)nn2)C(C)=C1O. The number of allylic oxidation sites excluding steroid dienone is 2. The standard InChI is InChI=1S/C22H28N4O/c1-16(13-22(4,5)26-12-11-17(2)21(27)18(26)3)14-25-15-20(23-24-25)19-9-7-6-8-10-19/h6-12,15-16,27H,2,13-14H2,1,3-5H3. The van der Waals surface area contributed by atoms with Crippen molar-refractivity contribution < 1.29 is 5.11 Å². The van der Waals surface area contributed by atoms with Crippen molar-refractivity contribution in [3.8, 4) is 11.3 Å². The van der Waals surface area contributed by atoms with E-state index < -0.39 is 0 Å². The minimum atomic E-state index is -0.141. The molecule has 0 saturated carbocycles. The number of aliphatic hydroxyl groups excluding tert-OH is 1. The van der Waals surface area contributed by atoms with E-state index in [1.165, 1.54) is 0 Å². The van der Waals surface area contributed by atoms with E-state index in [4.69, 9.17) is 0 Å². The lowest BCUT2D eigenvalue weighted by molar-refractivity contribution is 0.171. The molecule has 1 aliphatic rings. The summed E-state index contributed by atoms with van der Waals surface area (Å²) < 4.78 is 1.91. The molecule has 2 aromatic rings. The molecule has 0 amide bonds. The van der Waals surface area contributed by atoms with Gasteiger partial charge in [-0.2, -0.15) is 0 Å². The Labute approximate surface area is 161 Å². The lowest BCUT2D eigenvalue weighted by Crippen LogP contribution is -2.42. The largest absolute Gasteiger partial charge is 0.506 e. The Bertz CT molecular complexity index is 877. The second-order valence-electron chi connectivity index (χ2n) is 7.96. The van der Waals surface area contributed by atoms with Gasteiger partial charge in [0.15, 0.2) is 0 Å². The van der Waals surface area contributed by atoms with Crippen LogP contribution >= 0.6 is 0 Å². The first-order chi connectivity index (χ1) is 12.8. The number of benzene rings is 1. The molecule has 1 atom stereocenters. The molecule has 1 aromatic carbocycles. The summed E-state index contributed by atoms with van der Waals surface area (Å²) in [6, 6.07) is 10.1. The van der Waals surface area contributed by atoms with Crippen LogP contribution in [0.25, 0.3) is 11.3 Å².